The second-order valence-electron chi connectivity index (χ2n) is 7.16. The molecule has 152 valence electrons. The Labute approximate surface area is 176 Å². The van der Waals surface area contributed by atoms with Crippen molar-refractivity contribution in [3.63, 3.8) is 0 Å². The van der Waals surface area contributed by atoms with Gasteiger partial charge >= 0.3 is 0 Å². The highest BCUT2D eigenvalue weighted by Crippen LogP contribution is 2.33. The smallest absolute Gasteiger partial charge is 0.264 e. The molecule has 0 unspecified atom stereocenters. The number of H-pyrrole nitrogens is 1. The van der Waals surface area contributed by atoms with Crippen LogP contribution in [0.4, 0.5) is 5.95 Å². The Balaban J connectivity index is 1.46. The minimum absolute atomic E-state index is 0.0740. The number of hydrogen-bond donors (Lipinski definition) is 1. The zero-order valence-corrected chi connectivity index (χ0v) is 16.9. The van der Waals surface area contributed by atoms with E-state index in [0.717, 1.165) is 36.7 Å². The van der Waals surface area contributed by atoms with E-state index in [4.69, 9.17) is 16.1 Å². The number of anilines is 1. The quantitative estimate of drug-likeness (QED) is 0.536. The summed E-state index contributed by atoms with van der Waals surface area (Å²) in [6.45, 7) is 3.63. The molecule has 10 heteroatoms. The number of aromatic nitrogens is 6. The van der Waals surface area contributed by atoms with E-state index in [1.54, 1.807) is 6.20 Å². The van der Waals surface area contributed by atoms with Crippen LogP contribution in [0.3, 0.4) is 0 Å². The fourth-order valence-electron chi connectivity index (χ4n) is 3.71. The fraction of sp³-hybridized carbons (Fsp3) is 0.250. The lowest BCUT2D eigenvalue weighted by atomic mass is 10.1. The third kappa shape index (κ3) is 3.26. The Hall–Kier alpha value is -3.46. The van der Waals surface area contributed by atoms with E-state index >= 15 is 0 Å². The van der Waals surface area contributed by atoms with Crippen LogP contribution in [0.5, 0.6) is 0 Å². The summed E-state index contributed by atoms with van der Waals surface area (Å²) >= 11 is 6.09. The SMILES string of the molecule is C[C@H](c1cc(-c2cccc(Cl)c2)on1)N1CCCn2c(-c3cn[nH]c(=O)c3)nnc21. The van der Waals surface area contributed by atoms with Gasteiger partial charge in [-0.25, -0.2) is 5.10 Å². The molecule has 0 fully saturated rings. The number of halogens is 1. The molecule has 0 aliphatic carbocycles. The number of rotatable bonds is 4. The largest absolute Gasteiger partial charge is 0.356 e. The van der Waals surface area contributed by atoms with Gasteiger partial charge in [0.2, 0.25) is 5.95 Å². The molecule has 3 aromatic heterocycles. The summed E-state index contributed by atoms with van der Waals surface area (Å²) in [6.07, 6.45) is 2.49. The Bertz CT molecular complexity index is 1260. The summed E-state index contributed by atoms with van der Waals surface area (Å²) in [5.74, 6) is 2.02. The molecule has 30 heavy (non-hydrogen) atoms. The lowest BCUT2D eigenvalue weighted by Crippen LogP contribution is -2.35. The first-order valence-electron chi connectivity index (χ1n) is 9.57. The fourth-order valence-corrected chi connectivity index (χ4v) is 3.90. The number of hydrogen-bond acceptors (Lipinski definition) is 7. The van der Waals surface area contributed by atoms with Gasteiger partial charge in [-0.15, -0.1) is 10.2 Å². The molecule has 4 aromatic rings. The Kier molecular flexibility index (Phi) is 4.59. The second-order valence-corrected chi connectivity index (χ2v) is 7.59. The van der Waals surface area contributed by atoms with E-state index in [9.17, 15) is 4.79 Å². The predicted molar refractivity (Wildman–Crippen MR) is 111 cm³/mol. The van der Waals surface area contributed by atoms with Gasteiger partial charge in [-0.05, 0) is 25.5 Å². The summed E-state index contributed by atoms with van der Waals surface area (Å²) < 4.78 is 7.58. The van der Waals surface area contributed by atoms with E-state index in [2.05, 4.69) is 37.4 Å². The molecular formula is C20H18ClN7O2. The molecule has 0 bridgehead atoms. The van der Waals surface area contributed by atoms with Gasteiger partial charge in [0.25, 0.3) is 5.56 Å². The van der Waals surface area contributed by atoms with Crippen molar-refractivity contribution in [1.82, 2.24) is 30.1 Å². The number of nitrogens with zero attached hydrogens (tertiary/aromatic N) is 6. The van der Waals surface area contributed by atoms with E-state index in [0.29, 0.717) is 22.2 Å². The Morgan fingerprint density at radius 2 is 2.07 bits per heavy atom. The summed E-state index contributed by atoms with van der Waals surface area (Å²) in [7, 11) is 0. The molecule has 1 N–H and O–H groups in total. The number of nitrogens with one attached hydrogen (secondary N) is 1. The van der Waals surface area contributed by atoms with Gasteiger partial charge < -0.3 is 9.42 Å². The normalized spacial score (nSPS) is 14.5. The van der Waals surface area contributed by atoms with Crippen molar-refractivity contribution in [3.05, 3.63) is 63.7 Å². The minimum atomic E-state index is -0.276. The van der Waals surface area contributed by atoms with Crippen LogP contribution in [0.2, 0.25) is 5.02 Å². The predicted octanol–water partition coefficient (Wildman–Crippen LogP) is 3.31. The van der Waals surface area contributed by atoms with Crippen LogP contribution in [0.25, 0.3) is 22.7 Å². The van der Waals surface area contributed by atoms with Crippen LogP contribution in [-0.4, -0.2) is 36.7 Å². The molecule has 0 spiro atoms. The highest BCUT2D eigenvalue weighted by molar-refractivity contribution is 6.30. The molecular weight excluding hydrogens is 406 g/mol. The van der Waals surface area contributed by atoms with Gasteiger partial charge in [0.05, 0.1) is 12.2 Å². The van der Waals surface area contributed by atoms with Gasteiger partial charge in [0.15, 0.2) is 11.6 Å². The molecule has 0 saturated heterocycles. The lowest BCUT2D eigenvalue weighted by Gasteiger charge is -2.32. The first-order chi connectivity index (χ1) is 14.6. The Morgan fingerprint density at radius 1 is 1.17 bits per heavy atom. The topological polar surface area (TPSA) is 106 Å². The van der Waals surface area contributed by atoms with Gasteiger partial charge in [0, 0.05) is 41.4 Å². The average Bonchev–Trinajstić information content (AvgIpc) is 3.41. The molecule has 5 rings (SSSR count). The standard InChI is InChI=1S/C20H18ClN7O2/c1-12(16-10-17(30-26-16)13-4-2-5-15(21)8-13)27-6-3-7-28-19(24-25-20(27)28)14-9-18(29)23-22-11-14/h2,4-5,8-12H,3,6-7H2,1H3,(H,23,29)/t12-/m1/s1. The summed E-state index contributed by atoms with van der Waals surface area (Å²) in [5, 5.41) is 19.9. The summed E-state index contributed by atoms with van der Waals surface area (Å²) in [4.78, 5) is 13.8. The first-order valence-corrected chi connectivity index (χ1v) is 9.95. The third-order valence-corrected chi connectivity index (χ3v) is 5.46. The number of aromatic amines is 1. The molecule has 1 atom stereocenters. The van der Waals surface area contributed by atoms with Crippen molar-refractivity contribution in [3.8, 4) is 22.7 Å². The maximum atomic E-state index is 11.6. The van der Waals surface area contributed by atoms with Gasteiger partial charge in [-0.2, -0.15) is 5.10 Å². The molecule has 0 saturated carbocycles. The maximum absolute atomic E-state index is 11.6. The van der Waals surface area contributed by atoms with Crippen LogP contribution in [0.15, 0.2) is 51.9 Å². The zero-order chi connectivity index (χ0) is 20.7. The molecule has 1 aliphatic heterocycles. The number of benzene rings is 1. The maximum Gasteiger partial charge on any atom is 0.264 e. The average molecular weight is 424 g/mol. The molecule has 4 heterocycles. The van der Waals surface area contributed by atoms with Crippen molar-refractivity contribution in [2.45, 2.75) is 25.9 Å². The van der Waals surface area contributed by atoms with Crippen molar-refractivity contribution < 1.29 is 4.52 Å². The molecule has 1 aliphatic rings. The van der Waals surface area contributed by atoms with Crippen molar-refractivity contribution in [2.24, 2.45) is 0 Å². The zero-order valence-electron chi connectivity index (χ0n) is 16.1. The second kappa shape index (κ2) is 7.42. The highest BCUT2D eigenvalue weighted by atomic mass is 35.5. The number of fused-ring (bicyclic) bond motifs is 1. The van der Waals surface area contributed by atoms with Crippen molar-refractivity contribution in [2.75, 3.05) is 11.4 Å². The van der Waals surface area contributed by atoms with E-state index in [1.807, 2.05) is 34.9 Å². The molecule has 1 aromatic carbocycles. The minimum Gasteiger partial charge on any atom is -0.356 e. The van der Waals surface area contributed by atoms with Gasteiger partial charge in [-0.1, -0.05) is 28.9 Å². The molecule has 0 amide bonds. The first kappa shape index (κ1) is 18.6. The van der Waals surface area contributed by atoms with Crippen LogP contribution in [-0.2, 0) is 6.54 Å². The van der Waals surface area contributed by atoms with Gasteiger partial charge in [-0.3, -0.25) is 9.36 Å². The lowest BCUT2D eigenvalue weighted by molar-refractivity contribution is 0.412. The van der Waals surface area contributed by atoms with Crippen molar-refractivity contribution in [1.29, 1.82) is 0 Å². The van der Waals surface area contributed by atoms with E-state index in [-0.39, 0.29) is 11.6 Å². The Morgan fingerprint density at radius 3 is 2.90 bits per heavy atom. The van der Waals surface area contributed by atoms with E-state index in [1.165, 1.54) is 6.07 Å². The molecule has 9 nitrogen and oxygen atoms in total. The van der Waals surface area contributed by atoms with Crippen LogP contribution in [0.1, 0.15) is 25.1 Å². The van der Waals surface area contributed by atoms with E-state index < -0.39 is 0 Å². The monoisotopic (exact) mass is 423 g/mol. The van der Waals surface area contributed by atoms with Gasteiger partial charge in [0.1, 0.15) is 5.69 Å². The molecule has 0 radical (unpaired) electrons. The highest BCUT2D eigenvalue weighted by Gasteiger charge is 2.29. The van der Waals surface area contributed by atoms with Crippen LogP contribution >= 0.6 is 11.6 Å². The summed E-state index contributed by atoms with van der Waals surface area (Å²) in [5.41, 5.74) is 2.03. The third-order valence-electron chi connectivity index (χ3n) is 5.23. The van der Waals surface area contributed by atoms with Crippen LogP contribution < -0.4 is 10.5 Å². The van der Waals surface area contributed by atoms with Crippen molar-refractivity contribution >= 4 is 17.5 Å². The van der Waals surface area contributed by atoms with Crippen LogP contribution in [0, 0.1) is 0 Å². The summed E-state index contributed by atoms with van der Waals surface area (Å²) in [6, 6.07) is 10.8.